The maximum atomic E-state index is 12.5. The molecule has 0 saturated carbocycles. The number of likely N-dealkylation sites (N-methyl/N-ethyl adjacent to an activating group) is 1. The van der Waals surface area contributed by atoms with E-state index in [0.29, 0.717) is 17.7 Å². The lowest BCUT2D eigenvalue weighted by molar-refractivity contribution is -0.385. The summed E-state index contributed by atoms with van der Waals surface area (Å²) in [5, 5.41) is 13.6. The second-order valence-electron chi connectivity index (χ2n) is 6.38. The summed E-state index contributed by atoms with van der Waals surface area (Å²) >= 11 is 0. The maximum Gasteiger partial charge on any atom is 0.272 e. The second kappa shape index (κ2) is 7.21. The summed E-state index contributed by atoms with van der Waals surface area (Å²) in [6.45, 7) is 9.27. The van der Waals surface area contributed by atoms with Crippen molar-refractivity contribution in [3.05, 3.63) is 39.4 Å². The van der Waals surface area contributed by atoms with Crippen molar-refractivity contribution in [2.24, 2.45) is 0 Å². The summed E-state index contributed by atoms with van der Waals surface area (Å²) in [4.78, 5) is 36.2. The van der Waals surface area contributed by atoms with Crippen molar-refractivity contribution in [2.75, 3.05) is 13.1 Å². The Morgan fingerprint density at radius 1 is 1.30 bits per heavy atom. The maximum absolute atomic E-state index is 12.5. The van der Waals surface area contributed by atoms with E-state index in [4.69, 9.17) is 0 Å². The highest BCUT2D eigenvalue weighted by molar-refractivity contribution is 5.97. The van der Waals surface area contributed by atoms with Gasteiger partial charge in [-0.25, -0.2) is 0 Å². The van der Waals surface area contributed by atoms with E-state index in [1.165, 1.54) is 23.1 Å². The van der Waals surface area contributed by atoms with E-state index in [0.717, 1.165) is 0 Å². The molecule has 0 saturated heterocycles. The fourth-order valence-corrected chi connectivity index (χ4v) is 2.13. The predicted molar refractivity (Wildman–Crippen MR) is 87.3 cm³/mol. The number of hydrogen-bond donors (Lipinski definition) is 1. The number of aryl methyl sites for hydroxylation is 1. The third-order valence-corrected chi connectivity index (χ3v) is 3.16. The molecular formula is C16H23N3O4. The first-order chi connectivity index (χ1) is 10.5. The van der Waals surface area contributed by atoms with Gasteiger partial charge in [0.1, 0.15) is 0 Å². The third kappa shape index (κ3) is 5.36. The largest absolute Gasteiger partial charge is 0.350 e. The van der Waals surface area contributed by atoms with E-state index in [1.54, 1.807) is 13.8 Å². The molecule has 0 aliphatic rings. The van der Waals surface area contributed by atoms with Crippen molar-refractivity contribution in [3.8, 4) is 0 Å². The molecule has 0 atom stereocenters. The third-order valence-electron chi connectivity index (χ3n) is 3.16. The van der Waals surface area contributed by atoms with Crippen molar-refractivity contribution in [2.45, 2.75) is 40.2 Å². The number of benzene rings is 1. The van der Waals surface area contributed by atoms with Crippen molar-refractivity contribution < 1.29 is 14.5 Å². The molecule has 23 heavy (non-hydrogen) atoms. The Morgan fingerprint density at radius 2 is 1.91 bits per heavy atom. The number of amides is 2. The van der Waals surface area contributed by atoms with Crippen LogP contribution in [0, 0.1) is 17.0 Å². The Bertz CT molecular complexity index is 620. The van der Waals surface area contributed by atoms with Crippen molar-refractivity contribution in [1.82, 2.24) is 10.2 Å². The average Bonchev–Trinajstić information content (AvgIpc) is 2.41. The van der Waals surface area contributed by atoms with E-state index in [2.05, 4.69) is 5.32 Å². The molecule has 0 unspecified atom stereocenters. The molecule has 0 spiro atoms. The fourth-order valence-electron chi connectivity index (χ4n) is 2.13. The number of nitrogens with zero attached hydrogens (tertiary/aromatic N) is 2. The predicted octanol–water partition coefficient (Wildman–Crippen LogP) is 2.28. The van der Waals surface area contributed by atoms with Gasteiger partial charge < -0.3 is 10.2 Å². The first kappa shape index (κ1) is 18.6. The number of nitro groups is 1. The molecule has 2 amide bonds. The topological polar surface area (TPSA) is 92.6 Å². The van der Waals surface area contributed by atoms with Crippen molar-refractivity contribution in [3.63, 3.8) is 0 Å². The van der Waals surface area contributed by atoms with Gasteiger partial charge in [-0.3, -0.25) is 19.7 Å². The molecule has 0 heterocycles. The molecular weight excluding hydrogens is 298 g/mol. The molecule has 0 aliphatic heterocycles. The van der Waals surface area contributed by atoms with Gasteiger partial charge in [0, 0.05) is 29.3 Å². The number of hydrogen-bond acceptors (Lipinski definition) is 4. The van der Waals surface area contributed by atoms with Crippen molar-refractivity contribution in [1.29, 1.82) is 0 Å². The molecule has 1 rings (SSSR count). The van der Waals surface area contributed by atoms with Crippen LogP contribution in [0.1, 0.15) is 43.6 Å². The van der Waals surface area contributed by atoms with Crippen LogP contribution in [-0.4, -0.2) is 40.3 Å². The van der Waals surface area contributed by atoms with E-state index in [-0.39, 0.29) is 29.6 Å². The summed E-state index contributed by atoms with van der Waals surface area (Å²) in [7, 11) is 0. The molecule has 7 heteroatoms. The molecule has 1 N–H and O–H groups in total. The lowest BCUT2D eigenvalue weighted by atomic mass is 10.1. The van der Waals surface area contributed by atoms with Gasteiger partial charge in [-0.15, -0.1) is 0 Å². The van der Waals surface area contributed by atoms with Crippen LogP contribution in [-0.2, 0) is 4.79 Å². The van der Waals surface area contributed by atoms with Gasteiger partial charge in [-0.05, 0) is 46.8 Å². The zero-order valence-electron chi connectivity index (χ0n) is 14.2. The van der Waals surface area contributed by atoms with E-state index < -0.39 is 4.92 Å². The van der Waals surface area contributed by atoms with Crippen LogP contribution in [0.3, 0.4) is 0 Å². The number of nitrogens with one attached hydrogen (secondary N) is 1. The van der Waals surface area contributed by atoms with E-state index in [1.807, 2.05) is 20.8 Å². The molecule has 0 bridgehead atoms. The Labute approximate surface area is 135 Å². The molecule has 0 aliphatic carbocycles. The van der Waals surface area contributed by atoms with Crippen molar-refractivity contribution >= 4 is 17.5 Å². The zero-order chi connectivity index (χ0) is 17.8. The smallest absolute Gasteiger partial charge is 0.272 e. The number of carbonyl (C=O) groups excluding carboxylic acids is 2. The fraction of sp³-hybridized carbons (Fsp3) is 0.500. The summed E-state index contributed by atoms with van der Waals surface area (Å²) in [6, 6.07) is 4.20. The molecule has 126 valence electrons. The summed E-state index contributed by atoms with van der Waals surface area (Å²) in [6.07, 6.45) is 0. The first-order valence-corrected chi connectivity index (χ1v) is 7.40. The Balaban J connectivity index is 2.90. The minimum Gasteiger partial charge on any atom is -0.350 e. The number of rotatable bonds is 5. The Hall–Kier alpha value is -2.44. The standard InChI is InChI=1S/C16H23N3O4/c1-6-18(10-14(20)17-16(3,4)5)15(21)12-7-8-13(19(22)23)11(2)9-12/h7-9H,6,10H2,1-5H3,(H,17,20). The average molecular weight is 321 g/mol. The zero-order valence-corrected chi connectivity index (χ0v) is 14.2. The number of nitro benzene ring substituents is 1. The van der Waals surface area contributed by atoms with Crippen LogP contribution in [0.2, 0.25) is 0 Å². The highest BCUT2D eigenvalue weighted by Crippen LogP contribution is 2.19. The van der Waals surface area contributed by atoms with Gasteiger partial charge in [-0.2, -0.15) is 0 Å². The molecule has 0 fully saturated rings. The monoisotopic (exact) mass is 321 g/mol. The van der Waals surface area contributed by atoms with Crippen LogP contribution >= 0.6 is 0 Å². The van der Waals surface area contributed by atoms with Gasteiger partial charge in [0.25, 0.3) is 11.6 Å². The van der Waals surface area contributed by atoms with Gasteiger partial charge in [0.15, 0.2) is 0 Å². The van der Waals surface area contributed by atoms with Crippen LogP contribution in [0.25, 0.3) is 0 Å². The molecule has 1 aromatic rings. The summed E-state index contributed by atoms with van der Waals surface area (Å²) in [5.41, 5.74) is 0.341. The van der Waals surface area contributed by atoms with Gasteiger partial charge in [-0.1, -0.05) is 0 Å². The van der Waals surface area contributed by atoms with Gasteiger partial charge in [0.05, 0.1) is 11.5 Å². The van der Waals surface area contributed by atoms with Crippen LogP contribution in [0.4, 0.5) is 5.69 Å². The summed E-state index contributed by atoms with van der Waals surface area (Å²) in [5.74, 6) is -0.569. The minimum atomic E-state index is -0.488. The lowest BCUT2D eigenvalue weighted by Crippen LogP contribution is -2.47. The van der Waals surface area contributed by atoms with Crippen LogP contribution in [0.15, 0.2) is 18.2 Å². The van der Waals surface area contributed by atoms with Crippen LogP contribution < -0.4 is 5.32 Å². The highest BCUT2D eigenvalue weighted by Gasteiger charge is 2.21. The SMILES string of the molecule is CCN(CC(=O)NC(C)(C)C)C(=O)c1ccc([N+](=O)[O-])c(C)c1. The highest BCUT2D eigenvalue weighted by atomic mass is 16.6. The van der Waals surface area contributed by atoms with E-state index in [9.17, 15) is 19.7 Å². The number of carbonyl (C=O) groups is 2. The lowest BCUT2D eigenvalue weighted by Gasteiger charge is -2.25. The molecule has 7 nitrogen and oxygen atoms in total. The first-order valence-electron chi connectivity index (χ1n) is 7.40. The molecule has 0 radical (unpaired) electrons. The van der Waals surface area contributed by atoms with E-state index >= 15 is 0 Å². The quantitative estimate of drug-likeness (QED) is 0.665. The normalized spacial score (nSPS) is 11.0. The minimum absolute atomic E-state index is 0.0323. The second-order valence-corrected chi connectivity index (χ2v) is 6.38. The summed E-state index contributed by atoms with van der Waals surface area (Å²) < 4.78 is 0. The van der Waals surface area contributed by atoms with Gasteiger partial charge >= 0.3 is 0 Å². The van der Waals surface area contributed by atoms with Gasteiger partial charge in [0.2, 0.25) is 5.91 Å². The van der Waals surface area contributed by atoms with Crippen LogP contribution in [0.5, 0.6) is 0 Å². The molecule has 0 aromatic heterocycles. The Kier molecular flexibility index (Phi) is 5.84. The molecule has 1 aromatic carbocycles. The Morgan fingerprint density at radius 3 is 2.35 bits per heavy atom.